The van der Waals surface area contributed by atoms with Gasteiger partial charge in [0.25, 0.3) is 5.56 Å². The van der Waals surface area contributed by atoms with E-state index >= 15 is 0 Å². The third kappa shape index (κ3) is 2.55. The van der Waals surface area contributed by atoms with Gasteiger partial charge >= 0.3 is 0 Å². The van der Waals surface area contributed by atoms with Gasteiger partial charge in [0.2, 0.25) is 5.95 Å². The van der Waals surface area contributed by atoms with E-state index in [1.54, 1.807) is 23.9 Å². The van der Waals surface area contributed by atoms with Crippen molar-refractivity contribution in [2.45, 2.75) is 25.3 Å². The fraction of sp³-hybridized carbons (Fsp3) is 0.353. The summed E-state index contributed by atoms with van der Waals surface area (Å²) in [6, 6.07) is 6.87. The number of hydrogen-bond acceptors (Lipinski definition) is 4. The van der Waals surface area contributed by atoms with Crippen LogP contribution in [-0.2, 0) is 13.5 Å². The lowest BCUT2D eigenvalue weighted by Crippen LogP contribution is -2.34. The quantitative estimate of drug-likeness (QED) is 0.799. The van der Waals surface area contributed by atoms with Crippen molar-refractivity contribution in [3.63, 3.8) is 0 Å². The van der Waals surface area contributed by atoms with E-state index in [9.17, 15) is 9.18 Å². The maximum atomic E-state index is 13.4. The van der Waals surface area contributed by atoms with Gasteiger partial charge < -0.3 is 4.90 Å². The van der Waals surface area contributed by atoms with Gasteiger partial charge in [-0.3, -0.25) is 14.5 Å². The molecule has 6 nitrogen and oxygen atoms in total. The minimum atomic E-state index is -0.222. The van der Waals surface area contributed by atoms with Gasteiger partial charge in [0.1, 0.15) is 11.2 Å². The molecule has 1 aliphatic rings. The molecule has 3 heterocycles. The molecule has 7 heteroatoms. The normalized spacial score (nSPS) is 17.8. The van der Waals surface area contributed by atoms with Crippen LogP contribution in [0.1, 0.15) is 18.4 Å². The molecule has 1 N–H and O–H groups in total. The number of benzene rings is 1. The van der Waals surface area contributed by atoms with Crippen molar-refractivity contribution < 1.29 is 4.39 Å². The number of aromatic amines is 1. The summed E-state index contributed by atoms with van der Waals surface area (Å²) in [5, 5.41) is 4.58. The number of nitrogens with zero attached hydrogens (tertiary/aromatic N) is 4. The van der Waals surface area contributed by atoms with Crippen LogP contribution in [0, 0.1) is 5.82 Å². The number of fused-ring (bicyclic) bond motifs is 1. The molecule has 3 aromatic rings. The molecule has 1 unspecified atom stereocenters. The van der Waals surface area contributed by atoms with Gasteiger partial charge in [0.05, 0.1) is 6.20 Å². The lowest BCUT2D eigenvalue weighted by Gasteiger charge is -2.25. The Balaban J connectivity index is 1.67. The standard InChI is InChI=1S/C17H18FN5O/c1-22-15-14(10-19-22)16(24)21-17(20-15)23-7-3-6-13(23)9-11-4-2-5-12(18)8-11/h2,4-5,8,10,13H,3,6-7,9H2,1H3,(H,20,21,24). The Hall–Kier alpha value is -2.70. The SMILES string of the molecule is Cn1ncc2c(=O)[nH]c(N3CCCC3Cc3cccc(F)c3)nc21. The molecule has 4 rings (SSSR count). The van der Waals surface area contributed by atoms with Crippen molar-refractivity contribution in [3.8, 4) is 0 Å². The van der Waals surface area contributed by atoms with Crippen LogP contribution in [0.5, 0.6) is 0 Å². The molecule has 0 spiro atoms. The lowest BCUT2D eigenvalue weighted by molar-refractivity contribution is 0.616. The summed E-state index contributed by atoms with van der Waals surface area (Å²) in [4.78, 5) is 21.8. The number of halogens is 1. The molecule has 124 valence electrons. The number of nitrogens with one attached hydrogen (secondary N) is 1. The Morgan fingerprint density at radius 3 is 3.12 bits per heavy atom. The van der Waals surface area contributed by atoms with Crippen molar-refractivity contribution in [2.24, 2.45) is 7.05 Å². The van der Waals surface area contributed by atoms with Crippen LogP contribution in [0.3, 0.4) is 0 Å². The number of hydrogen-bond donors (Lipinski definition) is 1. The van der Waals surface area contributed by atoms with Crippen LogP contribution in [0.25, 0.3) is 11.0 Å². The first-order valence-corrected chi connectivity index (χ1v) is 8.05. The number of aromatic nitrogens is 4. The largest absolute Gasteiger partial charge is 0.339 e. The van der Waals surface area contributed by atoms with Crippen molar-refractivity contribution >= 4 is 17.0 Å². The summed E-state index contributed by atoms with van der Waals surface area (Å²) >= 11 is 0. The molecule has 0 bridgehead atoms. The first kappa shape index (κ1) is 14.9. The molecular formula is C17H18FN5O. The van der Waals surface area contributed by atoms with E-state index < -0.39 is 0 Å². The third-order valence-electron chi connectivity index (χ3n) is 4.60. The summed E-state index contributed by atoms with van der Waals surface area (Å²) in [5.74, 6) is 0.342. The Kier molecular flexibility index (Phi) is 3.55. The Morgan fingerprint density at radius 1 is 1.42 bits per heavy atom. The maximum absolute atomic E-state index is 13.4. The number of aryl methyl sites for hydroxylation is 1. The Labute approximate surface area is 137 Å². The van der Waals surface area contributed by atoms with Gasteiger partial charge in [-0.25, -0.2) is 4.39 Å². The minimum absolute atomic E-state index is 0.181. The first-order chi connectivity index (χ1) is 11.6. The smallest absolute Gasteiger partial charge is 0.263 e. The first-order valence-electron chi connectivity index (χ1n) is 8.05. The van der Waals surface area contributed by atoms with Gasteiger partial charge in [-0.2, -0.15) is 10.1 Å². The molecule has 1 fully saturated rings. The summed E-state index contributed by atoms with van der Waals surface area (Å²) < 4.78 is 15.0. The van der Waals surface area contributed by atoms with Crippen molar-refractivity contribution in [3.05, 3.63) is 52.2 Å². The van der Waals surface area contributed by atoms with E-state index in [0.29, 0.717) is 17.0 Å². The fourth-order valence-corrected chi connectivity index (χ4v) is 3.42. The van der Waals surface area contributed by atoms with E-state index in [2.05, 4.69) is 20.0 Å². The summed E-state index contributed by atoms with van der Waals surface area (Å²) in [7, 11) is 1.77. The third-order valence-corrected chi connectivity index (χ3v) is 4.60. The number of rotatable bonds is 3. The van der Waals surface area contributed by atoms with E-state index in [1.165, 1.54) is 12.3 Å². The summed E-state index contributed by atoms with van der Waals surface area (Å²) in [5.41, 5.74) is 1.35. The lowest BCUT2D eigenvalue weighted by atomic mass is 10.0. The van der Waals surface area contributed by atoms with Crippen LogP contribution in [0.15, 0.2) is 35.3 Å². The van der Waals surface area contributed by atoms with Crippen LogP contribution < -0.4 is 10.5 Å². The molecular weight excluding hydrogens is 309 g/mol. The van der Waals surface area contributed by atoms with E-state index in [-0.39, 0.29) is 17.4 Å². The second-order valence-corrected chi connectivity index (χ2v) is 6.22. The molecule has 1 aliphatic heterocycles. The highest BCUT2D eigenvalue weighted by Crippen LogP contribution is 2.25. The average Bonchev–Trinajstić information content (AvgIpc) is 3.15. The zero-order valence-corrected chi connectivity index (χ0v) is 13.4. The molecule has 2 aromatic heterocycles. The molecule has 0 saturated carbocycles. The number of H-pyrrole nitrogens is 1. The second kappa shape index (κ2) is 5.74. The topological polar surface area (TPSA) is 66.8 Å². The summed E-state index contributed by atoms with van der Waals surface area (Å²) in [6.07, 6.45) is 4.26. The molecule has 1 aromatic carbocycles. The Morgan fingerprint density at radius 2 is 2.29 bits per heavy atom. The predicted molar refractivity (Wildman–Crippen MR) is 89.6 cm³/mol. The van der Waals surface area contributed by atoms with Crippen molar-refractivity contribution in [1.29, 1.82) is 0 Å². The maximum Gasteiger partial charge on any atom is 0.263 e. The summed E-state index contributed by atoms with van der Waals surface area (Å²) in [6.45, 7) is 0.826. The predicted octanol–water partition coefficient (Wildman–Crippen LogP) is 2.01. The van der Waals surface area contributed by atoms with E-state index in [1.807, 2.05) is 6.07 Å². The highest BCUT2D eigenvalue weighted by molar-refractivity contribution is 5.74. The molecule has 1 atom stereocenters. The van der Waals surface area contributed by atoms with Crippen LogP contribution in [0.4, 0.5) is 10.3 Å². The second-order valence-electron chi connectivity index (χ2n) is 6.22. The zero-order chi connectivity index (χ0) is 16.7. The van der Waals surface area contributed by atoms with Crippen molar-refractivity contribution in [2.75, 3.05) is 11.4 Å². The fourth-order valence-electron chi connectivity index (χ4n) is 3.42. The number of anilines is 1. The van der Waals surface area contributed by atoms with Crippen LogP contribution in [-0.4, -0.2) is 32.3 Å². The van der Waals surface area contributed by atoms with Crippen LogP contribution in [0.2, 0.25) is 0 Å². The van der Waals surface area contributed by atoms with Gasteiger partial charge in [-0.05, 0) is 37.0 Å². The molecule has 0 amide bonds. The van der Waals surface area contributed by atoms with Gasteiger partial charge in [0, 0.05) is 19.6 Å². The van der Waals surface area contributed by atoms with Crippen LogP contribution >= 0.6 is 0 Å². The molecule has 1 saturated heterocycles. The zero-order valence-electron chi connectivity index (χ0n) is 13.4. The van der Waals surface area contributed by atoms with Gasteiger partial charge in [0.15, 0.2) is 5.65 Å². The van der Waals surface area contributed by atoms with E-state index in [0.717, 1.165) is 31.4 Å². The Bertz CT molecular complexity index is 948. The van der Waals surface area contributed by atoms with Crippen molar-refractivity contribution in [1.82, 2.24) is 19.7 Å². The monoisotopic (exact) mass is 327 g/mol. The highest BCUT2D eigenvalue weighted by atomic mass is 19.1. The van der Waals surface area contributed by atoms with Gasteiger partial charge in [-0.15, -0.1) is 0 Å². The minimum Gasteiger partial charge on any atom is -0.339 e. The molecule has 0 aliphatic carbocycles. The highest BCUT2D eigenvalue weighted by Gasteiger charge is 2.27. The van der Waals surface area contributed by atoms with Gasteiger partial charge in [-0.1, -0.05) is 12.1 Å². The average molecular weight is 327 g/mol. The molecule has 0 radical (unpaired) electrons. The van der Waals surface area contributed by atoms with E-state index in [4.69, 9.17) is 0 Å². The molecule has 24 heavy (non-hydrogen) atoms.